The van der Waals surface area contributed by atoms with Gasteiger partial charge in [0.1, 0.15) is 5.75 Å². The van der Waals surface area contributed by atoms with E-state index in [1.807, 2.05) is 9.80 Å². The highest BCUT2D eigenvalue weighted by Crippen LogP contribution is 2.33. The summed E-state index contributed by atoms with van der Waals surface area (Å²) in [7, 11) is 0. The molecule has 0 spiro atoms. The molecular formula is C29H45N13O4. The molecule has 0 radical (unpaired) electrons. The summed E-state index contributed by atoms with van der Waals surface area (Å²) in [5, 5.41) is 22.3. The Hall–Kier alpha value is -4.19. The molecule has 46 heavy (non-hydrogen) atoms. The van der Waals surface area contributed by atoms with E-state index in [1.54, 1.807) is 12.1 Å². The molecule has 1 aromatic carbocycles. The molecule has 4 heterocycles. The Labute approximate surface area is 267 Å². The minimum absolute atomic E-state index is 0.111. The summed E-state index contributed by atoms with van der Waals surface area (Å²) in [5.41, 5.74) is 25.7. The third kappa shape index (κ3) is 7.60. The van der Waals surface area contributed by atoms with Crippen molar-refractivity contribution in [3.8, 4) is 5.75 Å². The average Bonchev–Trinajstić information content (AvgIpc) is 3.54. The number of hydrogen-bond acceptors (Lipinski definition) is 14. The van der Waals surface area contributed by atoms with E-state index in [-0.39, 0.29) is 66.3 Å². The van der Waals surface area contributed by atoms with Crippen LogP contribution in [-0.4, -0.2) is 101 Å². The molecule has 250 valence electrons. The Morgan fingerprint density at radius 2 is 1.57 bits per heavy atom. The van der Waals surface area contributed by atoms with E-state index < -0.39 is 6.09 Å². The summed E-state index contributed by atoms with van der Waals surface area (Å²) < 4.78 is 5.34. The number of piperidine rings is 2. The lowest BCUT2D eigenvalue weighted by Gasteiger charge is -2.37. The maximum Gasteiger partial charge on any atom is 0.411 e. The SMILES string of the molecule is N[C@@H]1C[C@H](N)CN(c2nc(Nc3ccc(NC(=O)OCCC[C@@H]4CC[C@@H]5NC(=O)N[C@H]45)c(O)c3)nc(N3C[C@H](N)C[C@H](N)C3)n2)C1. The van der Waals surface area contributed by atoms with E-state index in [9.17, 15) is 14.7 Å². The largest absolute Gasteiger partial charge is 0.506 e. The van der Waals surface area contributed by atoms with Crippen LogP contribution in [0.3, 0.4) is 0 Å². The number of carbonyl (C=O) groups excluding carboxylic acids is 2. The fourth-order valence-corrected chi connectivity index (χ4v) is 7.02. The van der Waals surface area contributed by atoms with Crippen LogP contribution in [0.4, 0.5) is 38.8 Å². The van der Waals surface area contributed by atoms with Gasteiger partial charge in [0.2, 0.25) is 17.8 Å². The zero-order valence-corrected chi connectivity index (χ0v) is 25.8. The molecule has 3 amide bonds. The molecule has 3 saturated heterocycles. The molecule has 7 atom stereocenters. The van der Waals surface area contributed by atoms with Gasteiger partial charge in [-0.2, -0.15) is 15.0 Å². The van der Waals surface area contributed by atoms with Crippen LogP contribution in [0.5, 0.6) is 5.75 Å². The molecule has 17 nitrogen and oxygen atoms in total. The number of anilines is 5. The van der Waals surface area contributed by atoms with Gasteiger partial charge in [0, 0.05) is 62.1 Å². The van der Waals surface area contributed by atoms with Gasteiger partial charge in [-0.05, 0) is 56.6 Å². The molecule has 3 aliphatic heterocycles. The number of fused-ring (bicyclic) bond motifs is 1. The van der Waals surface area contributed by atoms with Crippen molar-refractivity contribution >= 4 is 41.3 Å². The number of nitrogens with zero attached hydrogens (tertiary/aromatic N) is 5. The third-order valence-electron chi connectivity index (χ3n) is 9.06. The number of phenols is 1. The number of rotatable bonds is 9. The van der Waals surface area contributed by atoms with E-state index in [0.29, 0.717) is 68.9 Å². The molecule has 13 N–H and O–H groups in total. The lowest BCUT2D eigenvalue weighted by Crippen LogP contribution is -2.54. The van der Waals surface area contributed by atoms with E-state index in [0.717, 1.165) is 19.3 Å². The van der Waals surface area contributed by atoms with Gasteiger partial charge in [-0.3, -0.25) is 5.32 Å². The van der Waals surface area contributed by atoms with Crippen LogP contribution in [0, 0.1) is 5.92 Å². The van der Waals surface area contributed by atoms with Crippen molar-refractivity contribution in [1.29, 1.82) is 0 Å². The number of benzene rings is 1. The molecular weight excluding hydrogens is 594 g/mol. The average molecular weight is 640 g/mol. The third-order valence-corrected chi connectivity index (χ3v) is 9.06. The molecule has 6 rings (SSSR count). The first kappa shape index (κ1) is 31.8. The van der Waals surface area contributed by atoms with Gasteiger partial charge in [0.25, 0.3) is 0 Å². The first-order valence-electron chi connectivity index (χ1n) is 16.0. The van der Waals surface area contributed by atoms with Crippen LogP contribution in [0.2, 0.25) is 0 Å². The number of aromatic nitrogens is 3. The highest BCUT2D eigenvalue weighted by atomic mass is 16.5. The van der Waals surface area contributed by atoms with Crippen molar-refractivity contribution in [2.24, 2.45) is 28.9 Å². The normalized spacial score (nSPS) is 29.1. The Morgan fingerprint density at radius 1 is 0.935 bits per heavy atom. The minimum atomic E-state index is -0.668. The van der Waals surface area contributed by atoms with Gasteiger partial charge in [-0.15, -0.1) is 0 Å². The maximum atomic E-state index is 12.4. The molecule has 0 bridgehead atoms. The number of hydrogen-bond donors (Lipinski definition) is 9. The molecule has 1 aromatic heterocycles. The predicted molar refractivity (Wildman–Crippen MR) is 173 cm³/mol. The van der Waals surface area contributed by atoms with Crippen LogP contribution in [0.15, 0.2) is 18.2 Å². The van der Waals surface area contributed by atoms with Gasteiger partial charge >= 0.3 is 12.1 Å². The van der Waals surface area contributed by atoms with Crippen LogP contribution in [0.25, 0.3) is 0 Å². The number of amides is 3. The summed E-state index contributed by atoms with van der Waals surface area (Å²) in [6.07, 6.45) is 4.25. The zero-order valence-electron chi connectivity index (χ0n) is 25.8. The molecule has 1 saturated carbocycles. The van der Waals surface area contributed by atoms with Crippen molar-refractivity contribution in [2.75, 3.05) is 53.2 Å². The number of aromatic hydroxyl groups is 1. The molecule has 0 unspecified atom stereocenters. The first-order valence-corrected chi connectivity index (χ1v) is 16.0. The van der Waals surface area contributed by atoms with Crippen LogP contribution in [0.1, 0.15) is 38.5 Å². The molecule has 1 aliphatic carbocycles. The second kappa shape index (κ2) is 13.7. The highest BCUT2D eigenvalue weighted by Gasteiger charge is 2.41. The van der Waals surface area contributed by atoms with Gasteiger partial charge in [-0.1, -0.05) is 0 Å². The summed E-state index contributed by atoms with van der Waals surface area (Å²) >= 11 is 0. The summed E-state index contributed by atoms with van der Waals surface area (Å²) in [6, 6.07) is 4.45. The molecule has 4 aliphatic rings. The van der Waals surface area contributed by atoms with Gasteiger partial charge in [-0.25, -0.2) is 9.59 Å². The number of nitrogens with one attached hydrogen (secondary N) is 4. The number of ether oxygens (including phenoxy) is 1. The fraction of sp³-hybridized carbons (Fsp3) is 0.621. The number of urea groups is 1. The van der Waals surface area contributed by atoms with Crippen LogP contribution >= 0.6 is 0 Å². The Morgan fingerprint density at radius 3 is 2.17 bits per heavy atom. The smallest absolute Gasteiger partial charge is 0.411 e. The number of phenolic OH excluding ortho intramolecular Hbond substituents is 1. The Balaban J connectivity index is 1.08. The van der Waals surface area contributed by atoms with Crippen LogP contribution < -0.4 is 54.0 Å². The Bertz CT molecular complexity index is 1350. The summed E-state index contributed by atoms with van der Waals surface area (Å²) in [4.78, 5) is 41.9. The minimum Gasteiger partial charge on any atom is -0.506 e. The standard InChI is InChI=1S/C29H45N13O4/c30-16-8-17(31)12-41(11-16)26-38-25(39-27(40-26)42-13-18(32)9-19(33)14-42)34-20-4-6-21(23(43)10-20)36-29(45)46-7-1-2-15-3-5-22-24(15)37-28(44)35-22/h4,6,10,15-19,22,24,43H,1-3,5,7-9,11-14,30-33H2,(H,36,45)(H2,35,37,44)(H,34,38,39,40)/t15-,16-,17+,18-,19+,22+,24-/m1/s1. The van der Waals surface area contributed by atoms with Crippen molar-refractivity contribution in [3.05, 3.63) is 18.2 Å². The van der Waals surface area contributed by atoms with Crippen molar-refractivity contribution in [3.63, 3.8) is 0 Å². The second-order valence-corrected chi connectivity index (χ2v) is 12.9. The van der Waals surface area contributed by atoms with Crippen molar-refractivity contribution < 1.29 is 19.4 Å². The van der Waals surface area contributed by atoms with Crippen LogP contribution in [-0.2, 0) is 4.74 Å². The topological polar surface area (TPSA) is 261 Å². The van der Waals surface area contributed by atoms with E-state index in [2.05, 4.69) is 31.2 Å². The molecule has 17 heteroatoms. The van der Waals surface area contributed by atoms with Gasteiger partial charge < -0.3 is 58.5 Å². The number of nitrogens with two attached hydrogens (primary N) is 4. The highest BCUT2D eigenvalue weighted by molar-refractivity contribution is 5.87. The summed E-state index contributed by atoms with van der Waals surface area (Å²) in [5.74, 6) is 1.29. The lowest BCUT2D eigenvalue weighted by molar-refractivity contribution is 0.156. The second-order valence-electron chi connectivity index (χ2n) is 12.9. The zero-order chi connectivity index (χ0) is 32.4. The quantitative estimate of drug-likeness (QED) is 0.128. The molecule has 2 aromatic rings. The maximum absolute atomic E-state index is 12.4. The van der Waals surface area contributed by atoms with Gasteiger partial charge in [0.15, 0.2) is 0 Å². The Kier molecular flexibility index (Phi) is 9.44. The van der Waals surface area contributed by atoms with Crippen molar-refractivity contribution in [2.45, 2.75) is 74.8 Å². The lowest BCUT2D eigenvalue weighted by atomic mass is 9.97. The predicted octanol–water partition coefficient (Wildman–Crippen LogP) is -0.161. The van der Waals surface area contributed by atoms with Gasteiger partial charge in [0.05, 0.1) is 24.4 Å². The van der Waals surface area contributed by atoms with E-state index in [1.165, 1.54) is 6.07 Å². The van der Waals surface area contributed by atoms with E-state index >= 15 is 0 Å². The fourth-order valence-electron chi connectivity index (χ4n) is 7.02. The van der Waals surface area contributed by atoms with Crippen molar-refractivity contribution in [1.82, 2.24) is 25.6 Å². The molecule has 4 fully saturated rings. The monoisotopic (exact) mass is 639 g/mol. The van der Waals surface area contributed by atoms with E-state index in [4.69, 9.17) is 32.7 Å². The summed E-state index contributed by atoms with van der Waals surface area (Å²) in [6.45, 7) is 2.41. The number of carbonyl (C=O) groups is 2. The first-order chi connectivity index (χ1) is 22.1.